The molecule has 0 radical (unpaired) electrons. The van der Waals surface area contributed by atoms with Crippen LogP contribution in [0, 0.1) is 5.92 Å². The molecule has 0 amide bonds. The fourth-order valence-corrected chi connectivity index (χ4v) is 3.08. The Hall–Kier alpha value is -0.900. The lowest BCUT2D eigenvalue weighted by molar-refractivity contribution is 0.156. The zero-order valence-corrected chi connectivity index (χ0v) is 13.8. The molecule has 3 nitrogen and oxygen atoms in total. The predicted molar refractivity (Wildman–Crippen MR) is 88.3 cm³/mol. The molecule has 1 fully saturated rings. The van der Waals surface area contributed by atoms with Crippen molar-refractivity contribution in [1.82, 2.24) is 10.2 Å². The van der Waals surface area contributed by atoms with Gasteiger partial charge in [0.1, 0.15) is 0 Å². The normalized spacial score (nSPS) is 16.8. The van der Waals surface area contributed by atoms with E-state index in [9.17, 15) is 0 Å². The third-order valence-corrected chi connectivity index (χ3v) is 4.47. The lowest BCUT2D eigenvalue weighted by Crippen LogP contribution is -2.39. The van der Waals surface area contributed by atoms with Gasteiger partial charge in [-0.15, -0.1) is 0 Å². The van der Waals surface area contributed by atoms with Crippen LogP contribution in [0.25, 0.3) is 0 Å². The minimum atomic E-state index is 0.579. The van der Waals surface area contributed by atoms with Gasteiger partial charge >= 0.3 is 0 Å². The maximum absolute atomic E-state index is 5.33. The predicted octanol–water partition coefficient (Wildman–Crippen LogP) is 3.04. The number of piperidine rings is 1. The Morgan fingerprint density at radius 2 is 1.86 bits per heavy atom. The van der Waals surface area contributed by atoms with Crippen LogP contribution in [0.2, 0.25) is 0 Å². The largest absolute Gasteiger partial charge is 0.380 e. The Bertz CT molecular complexity index is 413. The standard InChI is InChI=1S/C18H30N2O/c1-15(2)20(12-16-8-10-19-11-9-16)13-17-6-4-5-7-18(17)14-21-3/h4-7,15-16,19H,8-14H2,1-3H3. The van der Waals surface area contributed by atoms with E-state index < -0.39 is 0 Å². The van der Waals surface area contributed by atoms with Crippen LogP contribution in [0.1, 0.15) is 37.8 Å². The molecule has 118 valence electrons. The molecule has 1 aliphatic heterocycles. The quantitative estimate of drug-likeness (QED) is 0.835. The molecule has 1 aromatic carbocycles. The van der Waals surface area contributed by atoms with E-state index in [1.807, 2.05) is 0 Å². The van der Waals surface area contributed by atoms with Crippen LogP contribution < -0.4 is 5.32 Å². The lowest BCUT2D eigenvalue weighted by Gasteiger charge is -2.33. The summed E-state index contributed by atoms with van der Waals surface area (Å²) in [6.45, 7) is 9.91. The minimum absolute atomic E-state index is 0.579. The molecule has 1 saturated heterocycles. The second kappa shape index (κ2) is 8.52. The Morgan fingerprint density at radius 3 is 2.48 bits per heavy atom. The van der Waals surface area contributed by atoms with Gasteiger partial charge in [0.15, 0.2) is 0 Å². The van der Waals surface area contributed by atoms with Gasteiger partial charge in [0.05, 0.1) is 6.61 Å². The minimum Gasteiger partial charge on any atom is -0.380 e. The highest BCUT2D eigenvalue weighted by Gasteiger charge is 2.19. The molecular weight excluding hydrogens is 260 g/mol. The number of hydrogen-bond acceptors (Lipinski definition) is 3. The highest BCUT2D eigenvalue weighted by Crippen LogP contribution is 2.19. The second-order valence-electron chi connectivity index (χ2n) is 6.42. The Kier molecular flexibility index (Phi) is 6.68. The fourth-order valence-electron chi connectivity index (χ4n) is 3.08. The van der Waals surface area contributed by atoms with Crippen LogP contribution in [0.15, 0.2) is 24.3 Å². The summed E-state index contributed by atoms with van der Waals surface area (Å²) in [6, 6.07) is 9.24. The van der Waals surface area contributed by atoms with Gasteiger partial charge in [-0.2, -0.15) is 0 Å². The number of nitrogens with zero attached hydrogens (tertiary/aromatic N) is 1. The van der Waals surface area contributed by atoms with Crippen LogP contribution in [0.5, 0.6) is 0 Å². The van der Waals surface area contributed by atoms with Crippen molar-refractivity contribution >= 4 is 0 Å². The van der Waals surface area contributed by atoms with E-state index in [-0.39, 0.29) is 0 Å². The van der Waals surface area contributed by atoms with Crippen molar-refractivity contribution < 1.29 is 4.74 Å². The Labute approximate surface area is 129 Å². The number of hydrogen-bond donors (Lipinski definition) is 1. The van der Waals surface area contributed by atoms with Crippen LogP contribution in [0.3, 0.4) is 0 Å². The summed E-state index contributed by atoms with van der Waals surface area (Å²) >= 11 is 0. The molecule has 0 saturated carbocycles. The number of benzene rings is 1. The molecule has 0 aliphatic carbocycles. The molecular formula is C18H30N2O. The van der Waals surface area contributed by atoms with Crippen molar-refractivity contribution in [2.45, 2.75) is 45.9 Å². The van der Waals surface area contributed by atoms with Gasteiger partial charge in [-0.1, -0.05) is 24.3 Å². The van der Waals surface area contributed by atoms with Crippen molar-refractivity contribution in [2.24, 2.45) is 5.92 Å². The maximum atomic E-state index is 5.33. The summed E-state index contributed by atoms with van der Waals surface area (Å²) in [4.78, 5) is 2.62. The first-order valence-corrected chi connectivity index (χ1v) is 8.21. The van der Waals surface area contributed by atoms with E-state index >= 15 is 0 Å². The fraction of sp³-hybridized carbons (Fsp3) is 0.667. The highest BCUT2D eigenvalue weighted by atomic mass is 16.5. The summed E-state index contributed by atoms with van der Waals surface area (Å²) in [5, 5.41) is 3.46. The summed E-state index contributed by atoms with van der Waals surface area (Å²) < 4.78 is 5.33. The van der Waals surface area contributed by atoms with E-state index in [1.54, 1.807) is 7.11 Å². The van der Waals surface area contributed by atoms with Gasteiger partial charge in [0.2, 0.25) is 0 Å². The van der Waals surface area contributed by atoms with Crippen LogP contribution in [-0.4, -0.2) is 37.7 Å². The smallest absolute Gasteiger partial charge is 0.0716 e. The maximum Gasteiger partial charge on any atom is 0.0716 e. The van der Waals surface area contributed by atoms with Gasteiger partial charge < -0.3 is 10.1 Å². The van der Waals surface area contributed by atoms with Crippen molar-refractivity contribution in [3.63, 3.8) is 0 Å². The summed E-state index contributed by atoms with van der Waals surface area (Å²) in [5.41, 5.74) is 2.72. The Morgan fingerprint density at radius 1 is 1.19 bits per heavy atom. The number of nitrogens with one attached hydrogen (secondary N) is 1. The van der Waals surface area contributed by atoms with Gasteiger partial charge in [0.25, 0.3) is 0 Å². The number of rotatable bonds is 7. The monoisotopic (exact) mass is 290 g/mol. The molecule has 0 aromatic heterocycles. The first-order chi connectivity index (χ1) is 10.2. The molecule has 1 aromatic rings. The van der Waals surface area contributed by atoms with Crippen molar-refractivity contribution in [1.29, 1.82) is 0 Å². The van der Waals surface area contributed by atoms with Gasteiger partial charge in [-0.25, -0.2) is 0 Å². The second-order valence-corrected chi connectivity index (χ2v) is 6.42. The SMILES string of the molecule is COCc1ccccc1CN(CC1CCNCC1)C(C)C. The molecule has 0 spiro atoms. The molecule has 21 heavy (non-hydrogen) atoms. The number of methoxy groups -OCH3 is 1. The molecule has 2 rings (SSSR count). The van der Waals surface area contributed by atoms with Crippen LogP contribution >= 0.6 is 0 Å². The molecule has 1 N–H and O–H groups in total. The average Bonchev–Trinajstić information content (AvgIpc) is 2.49. The molecule has 3 heteroatoms. The van der Waals surface area contributed by atoms with Gasteiger partial charge in [-0.05, 0) is 56.8 Å². The third kappa shape index (κ3) is 5.10. The van der Waals surface area contributed by atoms with E-state index in [1.165, 1.54) is 43.6 Å². The van der Waals surface area contributed by atoms with Gasteiger partial charge in [-0.3, -0.25) is 4.90 Å². The van der Waals surface area contributed by atoms with Crippen molar-refractivity contribution in [2.75, 3.05) is 26.7 Å². The topological polar surface area (TPSA) is 24.5 Å². The number of ether oxygens (including phenoxy) is 1. The molecule has 0 unspecified atom stereocenters. The van der Waals surface area contributed by atoms with Gasteiger partial charge in [0, 0.05) is 26.2 Å². The zero-order valence-electron chi connectivity index (χ0n) is 13.8. The molecule has 1 heterocycles. The van der Waals surface area contributed by atoms with Crippen LogP contribution in [0.4, 0.5) is 0 Å². The molecule has 1 aliphatic rings. The summed E-state index contributed by atoms with van der Waals surface area (Å²) in [6.07, 6.45) is 2.62. The Balaban J connectivity index is 2.01. The van der Waals surface area contributed by atoms with Crippen LogP contribution in [-0.2, 0) is 17.9 Å². The van der Waals surface area contributed by atoms with Crippen molar-refractivity contribution in [3.8, 4) is 0 Å². The first-order valence-electron chi connectivity index (χ1n) is 8.21. The van der Waals surface area contributed by atoms with E-state index in [2.05, 4.69) is 48.3 Å². The van der Waals surface area contributed by atoms with E-state index in [0.717, 1.165) is 12.5 Å². The zero-order chi connectivity index (χ0) is 15.1. The third-order valence-electron chi connectivity index (χ3n) is 4.47. The summed E-state index contributed by atoms with van der Waals surface area (Å²) in [5.74, 6) is 0.836. The average molecular weight is 290 g/mol. The lowest BCUT2D eigenvalue weighted by atomic mass is 9.96. The summed E-state index contributed by atoms with van der Waals surface area (Å²) in [7, 11) is 1.77. The first kappa shape index (κ1) is 16.5. The van der Waals surface area contributed by atoms with E-state index in [4.69, 9.17) is 4.74 Å². The molecule has 0 bridgehead atoms. The van der Waals surface area contributed by atoms with E-state index in [0.29, 0.717) is 12.6 Å². The molecule has 0 atom stereocenters. The van der Waals surface area contributed by atoms with Crippen molar-refractivity contribution in [3.05, 3.63) is 35.4 Å². The highest BCUT2D eigenvalue weighted by molar-refractivity contribution is 5.26.